The lowest BCUT2D eigenvalue weighted by Gasteiger charge is -2.31. The van der Waals surface area contributed by atoms with E-state index in [0.717, 1.165) is 0 Å². The molecule has 1 radical (unpaired) electrons. The van der Waals surface area contributed by atoms with Crippen LogP contribution < -0.4 is 0 Å². The zero-order valence-electron chi connectivity index (χ0n) is 13.4. The molecule has 0 aliphatic carbocycles. The molecule has 143 valence electrons. The van der Waals surface area contributed by atoms with Gasteiger partial charge >= 0.3 is 18.0 Å². The zero-order chi connectivity index (χ0) is 20.6. The van der Waals surface area contributed by atoms with E-state index in [1.807, 2.05) is 6.07 Å². The second-order valence-corrected chi connectivity index (χ2v) is 6.37. The molecule has 0 saturated heterocycles. The second kappa shape index (κ2) is 7.11. The number of nitriles is 1. The topological polar surface area (TPSA) is 36.7 Å². The van der Waals surface area contributed by atoms with E-state index < -0.39 is 40.3 Å². The number of hydrogen-bond acceptors (Lipinski definition) is 2. The Morgan fingerprint density at radius 2 is 1.56 bits per heavy atom. The van der Waals surface area contributed by atoms with Gasteiger partial charge in [0, 0.05) is 6.07 Å². The molecule has 0 unspecified atom stereocenters. The Bertz CT molecular complexity index is 866. The number of aromatic nitrogens is 1. The van der Waals surface area contributed by atoms with E-state index >= 15 is 0 Å². The first-order valence-electron chi connectivity index (χ1n) is 7.21. The van der Waals surface area contributed by atoms with Crippen molar-refractivity contribution in [2.45, 2.75) is 31.4 Å². The standard InChI is InChI=1S/C17H9BrF7N2/c1-9-6-13(18)27-14(15(19,16(20,21)22)17(23,24)25)12(9)7-10-2-4-11(8-26)5-3-10/h2-5H,7H2,1H3. The molecular weight excluding hydrogens is 445 g/mol. The lowest BCUT2D eigenvalue weighted by molar-refractivity contribution is -0.350. The Kier molecular flexibility index (Phi) is 5.57. The fourth-order valence-electron chi connectivity index (χ4n) is 2.43. The molecule has 0 atom stereocenters. The van der Waals surface area contributed by atoms with Gasteiger partial charge in [0.2, 0.25) is 0 Å². The van der Waals surface area contributed by atoms with Crippen molar-refractivity contribution in [1.29, 1.82) is 5.26 Å². The van der Waals surface area contributed by atoms with Crippen molar-refractivity contribution in [2.75, 3.05) is 0 Å². The highest BCUT2D eigenvalue weighted by atomic mass is 79.9. The summed E-state index contributed by atoms with van der Waals surface area (Å²) in [5.41, 5.74) is -7.60. The lowest BCUT2D eigenvalue weighted by Crippen LogP contribution is -2.51. The summed E-state index contributed by atoms with van der Waals surface area (Å²) in [7, 11) is 0. The maximum atomic E-state index is 14.6. The Hall–Kier alpha value is -2.15. The predicted molar refractivity (Wildman–Crippen MR) is 84.4 cm³/mol. The summed E-state index contributed by atoms with van der Waals surface area (Å²) in [4.78, 5) is 3.16. The minimum atomic E-state index is -6.27. The molecule has 10 heteroatoms. The molecule has 2 aromatic rings. The quantitative estimate of drug-likeness (QED) is 0.441. The molecule has 0 spiro atoms. The summed E-state index contributed by atoms with van der Waals surface area (Å²) < 4.78 is 93.1. The van der Waals surface area contributed by atoms with Gasteiger partial charge < -0.3 is 0 Å². The van der Waals surface area contributed by atoms with E-state index in [1.165, 1.54) is 31.2 Å². The summed E-state index contributed by atoms with van der Waals surface area (Å²) in [6.07, 6.45) is -13.0. The highest BCUT2D eigenvalue weighted by Gasteiger charge is 2.75. The van der Waals surface area contributed by atoms with Crippen molar-refractivity contribution in [2.24, 2.45) is 0 Å². The van der Waals surface area contributed by atoms with Gasteiger partial charge in [-0.3, -0.25) is 0 Å². The molecular formula is C17H9BrF7N2. The minimum Gasteiger partial charge on any atom is -0.241 e. The van der Waals surface area contributed by atoms with Crippen molar-refractivity contribution in [3.05, 3.63) is 62.9 Å². The normalized spacial score (nSPS) is 12.7. The molecule has 0 bridgehead atoms. The van der Waals surface area contributed by atoms with Crippen LogP contribution in [0.5, 0.6) is 0 Å². The monoisotopic (exact) mass is 453 g/mol. The molecule has 2 nitrogen and oxygen atoms in total. The van der Waals surface area contributed by atoms with Gasteiger partial charge in [-0.25, -0.2) is 9.37 Å². The molecule has 0 N–H and O–H groups in total. The molecule has 1 aromatic heterocycles. The smallest absolute Gasteiger partial charge is 0.241 e. The van der Waals surface area contributed by atoms with Gasteiger partial charge in [0.25, 0.3) is 0 Å². The number of pyridine rings is 1. The van der Waals surface area contributed by atoms with Gasteiger partial charge in [0.05, 0.1) is 11.6 Å². The van der Waals surface area contributed by atoms with Crippen LogP contribution >= 0.6 is 15.9 Å². The van der Waals surface area contributed by atoms with Crippen LogP contribution in [0.15, 0.2) is 28.9 Å². The van der Waals surface area contributed by atoms with E-state index in [-0.39, 0.29) is 16.7 Å². The molecule has 0 aliphatic heterocycles. The van der Waals surface area contributed by atoms with Crippen LogP contribution in [0.4, 0.5) is 30.7 Å². The maximum Gasteiger partial charge on any atom is 0.437 e. The van der Waals surface area contributed by atoms with E-state index in [2.05, 4.69) is 27.0 Å². The first-order valence-corrected chi connectivity index (χ1v) is 8.00. The van der Waals surface area contributed by atoms with Gasteiger partial charge in [-0.1, -0.05) is 12.1 Å². The molecule has 0 amide bonds. The first kappa shape index (κ1) is 21.2. The van der Waals surface area contributed by atoms with Crippen LogP contribution in [0.3, 0.4) is 0 Å². The highest BCUT2D eigenvalue weighted by molar-refractivity contribution is 9.10. The first-order chi connectivity index (χ1) is 12.3. The number of halogens is 8. The summed E-state index contributed by atoms with van der Waals surface area (Å²) in [6, 6.07) is 9.67. The van der Waals surface area contributed by atoms with Crippen molar-refractivity contribution in [3.63, 3.8) is 0 Å². The Morgan fingerprint density at radius 3 is 2.00 bits per heavy atom. The number of alkyl halides is 7. The van der Waals surface area contributed by atoms with Crippen LogP contribution in [0.25, 0.3) is 0 Å². The number of hydrogen-bond donors (Lipinski definition) is 0. The molecule has 1 aromatic carbocycles. The Balaban J connectivity index is 2.71. The fraction of sp³-hybridized carbons (Fsp3) is 0.294. The second-order valence-electron chi connectivity index (χ2n) is 5.62. The maximum absolute atomic E-state index is 14.6. The summed E-state index contributed by atoms with van der Waals surface area (Å²) in [5.74, 6) is 0. The molecule has 27 heavy (non-hydrogen) atoms. The van der Waals surface area contributed by atoms with E-state index in [4.69, 9.17) is 5.26 Å². The van der Waals surface area contributed by atoms with Crippen molar-refractivity contribution >= 4 is 15.9 Å². The third-order valence-corrected chi connectivity index (χ3v) is 4.19. The van der Waals surface area contributed by atoms with Crippen LogP contribution in [0.2, 0.25) is 0 Å². The van der Waals surface area contributed by atoms with E-state index in [0.29, 0.717) is 0 Å². The van der Waals surface area contributed by atoms with Crippen LogP contribution in [-0.2, 0) is 12.1 Å². The largest absolute Gasteiger partial charge is 0.437 e. The zero-order valence-corrected chi connectivity index (χ0v) is 15.0. The third-order valence-electron chi connectivity index (χ3n) is 3.81. The minimum absolute atomic E-state index is 0.119. The van der Waals surface area contributed by atoms with Crippen LogP contribution in [0.1, 0.15) is 27.9 Å². The molecule has 0 fully saturated rings. The Morgan fingerprint density at radius 1 is 1.04 bits per heavy atom. The van der Waals surface area contributed by atoms with Crippen molar-refractivity contribution in [3.8, 4) is 6.07 Å². The fourth-order valence-corrected chi connectivity index (χ4v) is 2.91. The van der Waals surface area contributed by atoms with Crippen molar-refractivity contribution in [1.82, 2.24) is 4.98 Å². The number of nitrogens with zero attached hydrogens (tertiary/aromatic N) is 2. The summed E-state index contributed by atoms with van der Waals surface area (Å²) >= 11 is 2.67. The van der Waals surface area contributed by atoms with E-state index in [9.17, 15) is 30.7 Å². The SMILES string of the molecule is Cc1[c]c(Br)nc(C(F)(C(F)(F)F)C(F)(F)F)c1Cc1ccc(C#N)cc1. The number of rotatable bonds is 3. The van der Waals surface area contributed by atoms with Gasteiger partial charge in [-0.05, 0) is 58.1 Å². The van der Waals surface area contributed by atoms with Crippen LogP contribution in [-0.4, -0.2) is 17.3 Å². The van der Waals surface area contributed by atoms with Crippen LogP contribution in [0, 0.1) is 24.3 Å². The highest BCUT2D eigenvalue weighted by Crippen LogP contribution is 2.54. The average molecular weight is 454 g/mol. The van der Waals surface area contributed by atoms with Gasteiger partial charge in [-0.2, -0.15) is 31.6 Å². The van der Waals surface area contributed by atoms with Crippen molar-refractivity contribution < 1.29 is 30.7 Å². The van der Waals surface area contributed by atoms with Gasteiger partial charge in [-0.15, -0.1) is 0 Å². The third kappa shape index (κ3) is 3.93. The molecule has 0 saturated carbocycles. The molecule has 1 heterocycles. The summed E-state index contributed by atoms with van der Waals surface area (Å²) in [6.45, 7) is 1.21. The number of benzene rings is 1. The lowest BCUT2D eigenvalue weighted by atomic mass is 9.89. The van der Waals surface area contributed by atoms with E-state index in [1.54, 1.807) is 0 Å². The summed E-state index contributed by atoms with van der Waals surface area (Å²) in [5, 5.41) is 8.75. The predicted octanol–water partition coefficient (Wildman–Crippen LogP) is 5.70. The van der Waals surface area contributed by atoms with Gasteiger partial charge in [0.1, 0.15) is 10.3 Å². The molecule has 0 aliphatic rings. The average Bonchev–Trinajstić information content (AvgIpc) is 2.54. The molecule has 2 rings (SSSR count). The van der Waals surface area contributed by atoms with Gasteiger partial charge in [0.15, 0.2) is 0 Å². The number of aryl methyl sites for hydroxylation is 1. The Labute approximate surface area is 157 Å².